The van der Waals surface area contributed by atoms with Crippen molar-refractivity contribution in [1.82, 2.24) is 19.7 Å². The summed E-state index contributed by atoms with van der Waals surface area (Å²) in [6, 6.07) is 0.295. The maximum Gasteiger partial charge on any atom is 0.226 e. The minimum absolute atomic E-state index is 0.295. The van der Waals surface area contributed by atoms with Gasteiger partial charge >= 0.3 is 0 Å². The van der Waals surface area contributed by atoms with Crippen molar-refractivity contribution in [2.24, 2.45) is 17.8 Å². The lowest BCUT2D eigenvalue weighted by molar-refractivity contribution is -0.134. The van der Waals surface area contributed by atoms with E-state index in [2.05, 4.69) is 33.5 Å². The zero-order chi connectivity index (χ0) is 16.8. The Kier molecular flexibility index (Phi) is 4.27. The predicted molar refractivity (Wildman–Crippen MR) is 95.3 cm³/mol. The second kappa shape index (κ2) is 6.28. The highest BCUT2D eigenvalue weighted by Gasteiger charge is 2.56. The number of nitrogens with zero attached hydrogens (tertiary/aromatic N) is 3. The van der Waals surface area contributed by atoms with Crippen molar-refractivity contribution in [1.29, 1.82) is 0 Å². The van der Waals surface area contributed by atoms with E-state index in [1.165, 1.54) is 25.7 Å². The molecule has 2 aliphatic carbocycles. The predicted octanol–water partition coefficient (Wildman–Crippen LogP) is 3.66. The first-order chi connectivity index (χ1) is 11.6. The molecular formula is C18H28N4OS. The molecule has 4 rings (SSSR count). The van der Waals surface area contributed by atoms with Crippen LogP contribution in [0.1, 0.15) is 70.2 Å². The van der Waals surface area contributed by atoms with Gasteiger partial charge in [-0.1, -0.05) is 12.8 Å². The lowest BCUT2D eigenvalue weighted by atomic mass is 9.96. The number of carbonyl (C=O) groups excluding carboxylic acids is 1. The van der Waals surface area contributed by atoms with Gasteiger partial charge in [-0.2, -0.15) is 5.10 Å². The van der Waals surface area contributed by atoms with Gasteiger partial charge in [0.1, 0.15) is 5.82 Å². The van der Waals surface area contributed by atoms with Crippen LogP contribution in [-0.2, 0) is 4.79 Å². The van der Waals surface area contributed by atoms with E-state index in [0.29, 0.717) is 40.4 Å². The van der Waals surface area contributed by atoms with Crippen LogP contribution in [0.4, 0.5) is 0 Å². The molecule has 0 bridgehead atoms. The molecule has 1 saturated heterocycles. The number of hydrogen-bond donors (Lipinski definition) is 1. The number of hydrogen-bond acceptors (Lipinski definition) is 3. The molecule has 6 heteroatoms. The molecule has 0 unspecified atom stereocenters. The van der Waals surface area contributed by atoms with Gasteiger partial charge in [0.05, 0.1) is 0 Å². The van der Waals surface area contributed by atoms with E-state index >= 15 is 0 Å². The Bertz CT molecular complexity index is 667. The highest BCUT2D eigenvalue weighted by atomic mass is 32.1. The average molecular weight is 349 g/mol. The monoisotopic (exact) mass is 348 g/mol. The summed E-state index contributed by atoms with van der Waals surface area (Å²) >= 11 is 5.38. The molecule has 1 N–H and O–H groups in total. The number of aromatic nitrogens is 3. The summed E-state index contributed by atoms with van der Waals surface area (Å²) in [6.07, 6.45) is 7.33. The molecule has 132 valence electrons. The second-order valence-corrected chi connectivity index (χ2v) is 8.50. The summed E-state index contributed by atoms with van der Waals surface area (Å²) in [4.78, 5) is 15.1. The summed E-state index contributed by atoms with van der Waals surface area (Å²) in [5.74, 6) is 3.47. The van der Waals surface area contributed by atoms with Crippen LogP contribution in [0.3, 0.4) is 0 Å². The first-order valence-electron chi connectivity index (χ1n) is 9.53. The van der Waals surface area contributed by atoms with Crippen LogP contribution in [0.15, 0.2) is 0 Å². The van der Waals surface area contributed by atoms with Crippen molar-refractivity contribution >= 4 is 18.1 Å². The molecule has 0 radical (unpaired) electrons. The second-order valence-electron chi connectivity index (χ2n) is 8.11. The molecule has 5 nitrogen and oxygen atoms in total. The number of nitrogens with one attached hydrogen (secondary N) is 1. The third-order valence-corrected chi connectivity index (χ3v) is 6.58. The van der Waals surface area contributed by atoms with Crippen molar-refractivity contribution in [2.45, 2.75) is 64.3 Å². The van der Waals surface area contributed by atoms with Crippen LogP contribution in [0.2, 0.25) is 0 Å². The molecule has 1 amide bonds. The highest BCUT2D eigenvalue weighted by molar-refractivity contribution is 7.71. The van der Waals surface area contributed by atoms with Gasteiger partial charge < -0.3 is 9.47 Å². The lowest BCUT2D eigenvalue weighted by Gasteiger charge is -2.33. The molecule has 0 aromatic carbocycles. The normalized spacial score (nSPS) is 32.7. The third kappa shape index (κ3) is 2.72. The minimum Gasteiger partial charge on any atom is -0.342 e. The van der Waals surface area contributed by atoms with Gasteiger partial charge in [0.25, 0.3) is 0 Å². The maximum atomic E-state index is 13.0. The molecule has 3 fully saturated rings. The molecule has 1 aromatic heterocycles. The molecular weight excluding hydrogens is 320 g/mol. The van der Waals surface area contributed by atoms with Gasteiger partial charge in [-0.3, -0.25) is 9.89 Å². The number of fused-ring (bicyclic) bond motifs is 1. The van der Waals surface area contributed by atoms with E-state index in [0.717, 1.165) is 31.8 Å². The lowest BCUT2D eigenvalue weighted by Crippen LogP contribution is -2.41. The smallest absolute Gasteiger partial charge is 0.226 e. The number of aromatic amines is 1. The molecule has 24 heavy (non-hydrogen) atoms. The fourth-order valence-corrected chi connectivity index (χ4v) is 5.41. The van der Waals surface area contributed by atoms with Crippen LogP contribution in [0.25, 0.3) is 0 Å². The largest absolute Gasteiger partial charge is 0.342 e. The summed E-state index contributed by atoms with van der Waals surface area (Å²) < 4.78 is 2.81. The van der Waals surface area contributed by atoms with E-state index < -0.39 is 0 Å². The molecule has 1 aliphatic heterocycles. The third-order valence-electron chi connectivity index (χ3n) is 6.29. The summed E-state index contributed by atoms with van der Waals surface area (Å²) in [6.45, 7) is 5.99. The number of rotatable bonds is 3. The topological polar surface area (TPSA) is 53.9 Å². The number of H-pyrrole nitrogens is 1. The van der Waals surface area contributed by atoms with Crippen LogP contribution in [0.5, 0.6) is 0 Å². The number of amides is 1. The van der Waals surface area contributed by atoms with Crippen molar-refractivity contribution in [3.05, 3.63) is 10.6 Å². The molecule has 0 spiro atoms. The van der Waals surface area contributed by atoms with Gasteiger partial charge in [0.15, 0.2) is 4.77 Å². The van der Waals surface area contributed by atoms with Crippen LogP contribution >= 0.6 is 12.2 Å². The molecule has 2 heterocycles. The van der Waals surface area contributed by atoms with E-state index in [1.807, 2.05) is 0 Å². The summed E-state index contributed by atoms with van der Waals surface area (Å²) in [5, 5.41) is 7.44. The SMILES string of the molecule is CC(C)n1c([C@@H]2CCCN(C(=O)C3[C@H]4CCCC[C@H]34)C2)n[nH]c1=S. The molecule has 3 atom stereocenters. The van der Waals surface area contributed by atoms with Gasteiger partial charge in [-0.25, -0.2) is 0 Å². The fourth-order valence-electron chi connectivity index (χ4n) is 5.06. The first kappa shape index (κ1) is 16.3. The van der Waals surface area contributed by atoms with E-state index in [9.17, 15) is 4.79 Å². The van der Waals surface area contributed by atoms with Crippen LogP contribution in [-0.4, -0.2) is 38.7 Å². The fraction of sp³-hybridized carbons (Fsp3) is 0.833. The van der Waals surface area contributed by atoms with E-state index in [4.69, 9.17) is 12.2 Å². The van der Waals surface area contributed by atoms with E-state index in [-0.39, 0.29) is 0 Å². The Balaban J connectivity index is 1.48. The zero-order valence-corrected chi connectivity index (χ0v) is 15.5. The molecule has 3 aliphatic rings. The Labute approximate surface area is 148 Å². The minimum atomic E-state index is 0.295. The van der Waals surface area contributed by atoms with Crippen molar-refractivity contribution in [3.63, 3.8) is 0 Å². The van der Waals surface area contributed by atoms with Crippen LogP contribution in [0, 0.1) is 22.5 Å². The Morgan fingerprint density at radius 3 is 2.58 bits per heavy atom. The Hall–Kier alpha value is -1.17. The van der Waals surface area contributed by atoms with Gasteiger partial charge in [0.2, 0.25) is 5.91 Å². The van der Waals surface area contributed by atoms with Gasteiger partial charge in [-0.05, 0) is 63.6 Å². The Morgan fingerprint density at radius 2 is 1.92 bits per heavy atom. The quantitative estimate of drug-likeness (QED) is 0.848. The number of piperidine rings is 1. The van der Waals surface area contributed by atoms with Gasteiger partial charge in [0, 0.05) is 31.0 Å². The summed E-state index contributed by atoms with van der Waals surface area (Å²) in [5.41, 5.74) is 0. The standard InChI is InChI=1S/C18H28N4OS/c1-11(2)22-16(19-20-18(22)24)12-6-5-9-21(10-12)17(23)15-13-7-3-4-8-14(13)15/h11-15H,3-10H2,1-2H3,(H,20,24)/t12-,13+,14+/m1/s1. The number of carbonyl (C=O) groups is 1. The van der Waals surface area contributed by atoms with Crippen molar-refractivity contribution < 1.29 is 4.79 Å². The average Bonchev–Trinajstić information content (AvgIpc) is 3.19. The first-order valence-corrected chi connectivity index (χ1v) is 9.94. The molecule has 1 aromatic rings. The van der Waals surface area contributed by atoms with Gasteiger partial charge in [-0.15, -0.1) is 0 Å². The number of likely N-dealkylation sites (tertiary alicyclic amines) is 1. The van der Waals surface area contributed by atoms with Crippen molar-refractivity contribution in [3.8, 4) is 0 Å². The Morgan fingerprint density at radius 1 is 1.21 bits per heavy atom. The van der Waals surface area contributed by atoms with E-state index in [1.54, 1.807) is 0 Å². The highest BCUT2D eigenvalue weighted by Crippen LogP contribution is 2.56. The summed E-state index contributed by atoms with van der Waals surface area (Å²) in [7, 11) is 0. The maximum absolute atomic E-state index is 13.0. The zero-order valence-electron chi connectivity index (χ0n) is 14.7. The van der Waals surface area contributed by atoms with Crippen LogP contribution < -0.4 is 0 Å². The van der Waals surface area contributed by atoms with Crippen molar-refractivity contribution in [2.75, 3.05) is 13.1 Å². The molecule has 2 saturated carbocycles.